The Hall–Kier alpha value is -1.90. The molecule has 1 aromatic carbocycles. The fourth-order valence-corrected chi connectivity index (χ4v) is 2.38. The summed E-state index contributed by atoms with van der Waals surface area (Å²) in [5.41, 5.74) is 4.53. The number of aromatic nitrogens is 2. The second-order valence-electron chi connectivity index (χ2n) is 5.17. The molecule has 0 bridgehead atoms. The molecule has 19 heavy (non-hydrogen) atoms. The van der Waals surface area contributed by atoms with Gasteiger partial charge in [0.25, 0.3) is 0 Å². The molecule has 0 radical (unpaired) electrons. The lowest BCUT2D eigenvalue weighted by Gasteiger charge is -2.15. The van der Waals surface area contributed by atoms with Crippen LogP contribution in [0.3, 0.4) is 0 Å². The molecule has 0 atom stereocenters. The summed E-state index contributed by atoms with van der Waals surface area (Å²) in [6, 6.07) is 8.29. The zero-order valence-corrected chi connectivity index (χ0v) is 12.3. The average Bonchev–Trinajstić information content (AvgIpc) is 2.37. The monoisotopic (exact) mass is 255 g/mol. The predicted octanol–water partition coefficient (Wildman–Crippen LogP) is 3.93. The average molecular weight is 255 g/mol. The molecule has 0 unspecified atom stereocenters. The van der Waals surface area contributed by atoms with Gasteiger partial charge in [0, 0.05) is 23.9 Å². The van der Waals surface area contributed by atoms with E-state index in [4.69, 9.17) is 0 Å². The number of nitrogens with zero attached hydrogens (tertiary/aromatic N) is 2. The molecule has 0 spiro atoms. The molecule has 0 aliphatic heterocycles. The summed E-state index contributed by atoms with van der Waals surface area (Å²) in [6.07, 6.45) is 0. The van der Waals surface area contributed by atoms with Crippen molar-refractivity contribution in [1.29, 1.82) is 0 Å². The normalized spacial score (nSPS) is 10.8. The van der Waals surface area contributed by atoms with E-state index in [2.05, 4.69) is 61.2 Å². The zero-order valence-electron chi connectivity index (χ0n) is 12.3. The molecule has 0 fully saturated rings. The minimum atomic E-state index is 0.411. The van der Waals surface area contributed by atoms with E-state index < -0.39 is 0 Å². The first kappa shape index (κ1) is 13.5. The van der Waals surface area contributed by atoms with Crippen LogP contribution in [0.25, 0.3) is 11.4 Å². The van der Waals surface area contributed by atoms with E-state index in [0.29, 0.717) is 5.92 Å². The molecular weight excluding hydrogens is 234 g/mol. The van der Waals surface area contributed by atoms with Gasteiger partial charge in [0.2, 0.25) is 0 Å². The lowest BCUT2D eigenvalue weighted by Crippen LogP contribution is -2.07. The number of nitrogens with one attached hydrogen (secondary N) is 1. The van der Waals surface area contributed by atoms with Crippen molar-refractivity contribution in [2.24, 2.45) is 0 Å². The Bertz CT molecular complexity index is 589. The second kappa shape index (κ2) is 5.39. The van der Waals surface area contributed by atoms with Crippen molar-refractivity contribution in [1.82, 2.24) is 9.97 Å². The van der Waals surface area contributed by atoms with Crippen molar-refractivity contribution in [3.63, 3.8) is 0 Å². The summed E-state index contributed by atoms with van der Waals surface area (Å²) in [4.78, 5) is 9.33. The Balaban J connectivity index is 2.58. The Morgan fingerprint density at radius 2 is 1.84 bits per heavy atom. The van der Waals surface area contributed by atoms with Crippen molar-refractivity contribution < 1.29 is 0 Å². The topological polar surface area (TPSA) is 37.8 Å². The number of aryl methyl sites for hydroxylation is 2. The van der Waals surface area contributed by atoms with Crippen molar-refractivity contribution >= 4 is 5.82 Å². The minimum absolute atomic E-state index is 0.411. The Kier molecular flexibility index (Phi) is 3.84. The number of rotatable bonds is 3. The first-order valence-corrected chi connectivity index (χ1v) is 6.66. The highest BCUT2D eigenvalue weighted by molar-refractivity contribution is 5.61. The van der Waals surface area contributed by atoms with Crippen molar-refractivity contribution in [2.75, 3.05) is 12.4 Å². The van der Waals surface area contributed by atoms with Crippen molar-refractivity contribution in [3.05, 3.63) is 41.1 Å². The van der Waals surface area contributed by atoms with Crippen molar-refractivity contribution in [2.45, 2.75) is 33.6 Å². The molecule has 0 aliphatic carbocycles. The van der Waals surface area contributed by atoms with E-state index in [0.717, 1.165) is 22.9 Å². The molecule has 2 aromatic rings. The summed E-state index contributed by atoms with van der Waals surface area (Å²) in [5, 5.41) is 3.19. The van der Waals surface area contributed by atoms with Crippen LogP contribution in [0.2, 0.25) is 0 Å². The standard InChI is InChI=1S/C16H21N3/c1-10(2)14-12(4)18-15(19-16(14)17-5)13-8-6-7-11(3)9-13/h6-10H,1-5H3,(H,17,18,19). The van der Waals surface area contributed by atoms with Crippen LogP contribution in [-0.2, 0) is 0 Å². The van der Waals surface area contributed by atoms with Crippen LogP contribution in [0.1, 0.15) is 36.6 Å². The van der Waals surface area contributed by atoms with Gasteiger partial charge >= 0.3 is 0 Å². The van der Waals surface area contributed by atoms with Crippen LogP contribution in [0.5, 0.6) is 0 Å². The van der Waals surface area contributed by atoms with Gasteiger partial charge < -0.3 is 5.32 Å². The molecule has 100 valence electrons. The van der Waals surface area contributed by atoms with E-state index >= 15 is 0 Å². The molecule has 0 saturated carbocycles. The lowest BCUT2D eigenvalue weighted by molar-refractivity contribution is 0.833. The van der Waals surface area contributed by atoms with Gasteiger partial charge in [-0.1, -0.05) is 37.6 Å². The van der Waals surface area contributed by atoms with Gasteiger partial charge in [-0.2, -0.15) is 0 Å². The molecule has 3 nitrogen and oxygen atoms in total. The molecule has 2 rings (SSSR count). The van der Waals surface area contributed by atoms with Gasteiger partial charge in [-0.05, 0) is 25.8 Å². The van der Waals surface area contributed by atoms with Gasteiger partial charge in [-0.15, -0.1) is 0 Å². The smallest absolute Gasteiger partial charge is 0.161 e. The molecular formula is C16H21N3. The van der Waals surface area contributed by atoms with Crippen LogP contribution >= 0.6 is 0 Å². The maximum atomic E-state index is 4.66. The van der Waals surface area contributed by atoms with Crippen molar-refractivity contribution in [3.8, 4) is 11.4 Å². The highest BCUT2D eigenvalue weighted by Gasteiger charge is 2.14. The highest BCUT2D eigenvalue weighted by Crippen LogP contribution is 2.27. The second-order valence-corrected chi connectivity index (χ2v) is 5.17. The fourth-order valence-electron chi connectivity index (χ4n) is 2.38. The zero-order chi connectivity index (χ0) is 14.0. The summed E-state index contributed by atoms with van der Waals surface area (Å²) in [5.74, 6) is 2.13. The Labute approximate surface area is 115 Å². The molecule has 1 heterocycles. The van der Waals surface area contributed by atoms with Gasteiger partial charge in [0.15, 0.2) is 5.82 Å². The Morgan fingerprint density at radius 1 is 1.11 bits per heavy atom. The lowest BCUT2D eigenvalue weighted by atomic mass is 10.0. The molecule has 0 amide bonds. The Morgan fingerprint density at radius 3 is 2.42 bits per heavy atom. The van der Waals surface area contributed by atoms with Gasteiger partial charge in [0.1, 0.15) is 5.82 Å². The van der Waals surface area contributed by atoms with Gasteiger partial charge in [-0.25, -0.2) is 9.97 Å². The van der Waals surface area contributed by atoms with Gasteiger partial charge in [-0.3, -0.25) is 0 Å². The quantitative estimate of drug-likeness (QED) is 0.903. The molecule has 1 aromatic heterocycles. The molecule has 0 aliphatic rings. The molecule has 0 saturated heterocycles. The van der Waals surface area contributed by atoms with Crippen LogP contribution in [0.4, 0.5) is 5.82 Å². The summed E-state index contributed by atoms with van der Waals surface area (Å²) >= 11 is 0. The predicted molar refractivity (Wildman–Crippen MR) is 80.6 cm³/mol. The number of benzene rings is 1. The van der Waals surface area contributed by atoms with Gasteiger partial charge in [0.05, 0.1) is 0 Å². The SMILES string of the molecule is CNc1nc(-c2cccc(C)c2)nc(C)c1C(C)C. The fraction of sp³-hybridized carbons (Fsp3) is 0.375. The maximum Gasteiger partial charge on any atom is 0.161 e. The van der Waals surface area contributed by atoms with E-state index in [1.807, 2.05) is 13.1 Å². The van der Waals surface area contributed by atoms with E-state index in [-0.39, 0.29) is 0 Å². The highest BCUT2D eigenvalue weighted by atomic mass is 15.0. The first-order valence-electron chi connectivity index (χ1n) is 6.66. The summed E-state index contributed by atoms with van der Waals surface area (Å²) < 4.78 is 0. The summed E-state index contributed by atoms with van der Waals surface area (Å²) in [7, 11) is 1.91. The number of anilines is 1. The minimum Gasteiger partial charge on any atom is -0.373 e. The molecule has 3 heteroatoms. The summed E-state index contributed by atoms with van der Waals surface area (Å²) in [6.45, 7) is 8.46. The number of hydrogen-bond donors (Lipinski definition) is 1. The van der Waals surface area contributed by atoms with Crippen LogP contribution < -0.4 is 5.32 Å². The van der Waals surface area contributed by atoms with Crippen LogP contribution in [0, 0.1) is 13.8 Å². The largest absolute Gasteiger partial charge is 0.373 e. The third kappa shape index (κ3) is 2.75. The van der Waals surface area contributed by atoms with E-state index in [9.17, 15) is 0 Å². The number of hydrogen-bond acceptors (Lipinski definition) is 3. The first-order chi connectivity index (χ1) is 9.02. The third-order valence-corrected chi connectivity index (χ3v) is 3.23. The third-order valence-electron chi connectivity index (χ3n) is 3.23. The van der Waals surface area contributed by atoms with Crippen LogP contribution in [0.15, 0.2) is 24.3 Å². The van der Waals surface area contributed by atoms with Crippen LogP contribution in [-0.4, -0.2) is 17.0 Å². The van der Waals surface area contributed by atoms with E-state index in [1.54, 1.807) is 0 Å². The van der Waals surface area contributed by atoms with E-state index in [1.165, 1.54) is 11.1 Å². The maximum absolute atomic E-state index is 4.66. The molecule has 1 N–H and O–H groups in total.